The molecular weight excluding hydrogens is 666 g/mol. The second-order valence-electron chi connectivity index (χ2n) is 12.6. The van der Waals surface area contributed by atoms with Crippen molar-refractivity contribution < 1.29 is 13.2 Å². The highest BCUT2D eigenvalue weighted by molar-refractivity contribution is 7.19. The molecule has 1 heterocycles. The van der Waals surface area contributed by atoms with Gasteiger partial charge >= 0.3 is 0 Å². The normalized spacial score (nSPS) is 11.4. The maximum Gasteiger partial charge on any atom is 0.179 e. The Labute approximate surface area is 301 Å². The first-order chi connectivity index (χ1) is 25.5. The van der Waals surface area contributed by atoms with E-state index in [1.165, 1.54) is 36.4 Å². The first-order valence-electron chi connectivity index (χ1n) is 17.0. The molecule has 52 heavy (non-hydrogen) atoms. The Bertz CT molecular complexity index is 2270. The molecule has 0 aliphatic carbocycles. The van der Waals surface area contributed by atoms with Crippen molar-refractivity contribution in [2.45, 2.75) is 0 Å². The van der Waals surface area contributed by atoms with Gasteiger partial charge in [0.05, 0.1) is 11.4 Å². The lowest BCUT2D eigenvalue weighted by molar-refractivity contribution is 0.628. The average molecular weight is 697 g/mol. The van der Waals surface area contributed by atoms with Gasteiger partial charge < -0.3 is 0 Å². The number of rotatable bonds is 8. The van der Waals surface area contributed by atoms with Crippen LogP contribution in [0.2, 0.25) is 0 Å². The third-order valence-corrected chi connectivity index (χ3v) is 14.3. The first kappa shape index (κ1) is 32.8. The lowest BCUT2D eigenvalue weighted by Crippen LogP contribution is -2.74. The molecule has 2 nitrogen and oxygen atoms in total. The quantitative estimate of drug-likeness (QED) is 0.117. The molecule has 8 aromatic rings. The fourth-order valence-electron chi connectivity index (χ4n) is 7.05. The van der Waals surface area contributed by atoms with Crippen molar-refractivity contribution in [1.29, 1.82) is 0 Å². The summed E-state index contributed by atoms with van der Waals surface area (Å²) in [6.45, 7) is 0. The van der Waals surface area contributed by atoms with E-state index in [0.29, 0.717) is 5.82 Å². The molecular formula is C46H31F3N2Si. The fourth-order valence-corrected chi connectivity index (χ4v) is 11.7. The van der Waals surface area contributed by atoms with E-state index < -0.39 is 8.07 Å². The summed E-state index contributed by atoms with van der Waals surface area (Å²) in [5.41, 5.74) is 6.17. The van der Waals surface area contributed by atoms with E-state index in [4.69, 9.17) is 9.97 Å². The van der Waals surface area contributed by atoms with Gasteiger partial charge in [0.25, 0.3) is 0 Å². The second-order valence-corrected chi connectivity index (χ2v) is 16.4. The van der Waals surface area contributed by atoms with Crippen LogP contribution in [0.3, 0.4) is 0 Å². The van der Waals surface area contributed by atoms with E-state index >= 15 is 0 Å². The molecule has 0 amide bonds. The van der Waals surface area contributed by atoms with Gasteiger partial charge in [-0.25, -0.2) is 23.1 Å². The van der Waals surface area contributed by atoms with Gasteiger partial charge in [-0.2, -0.15) is 0 Å². The third kappa shape index (κ3) is 6.14. The summed E-state index contributed by atoms with van der Waals surface area (Å²) >= 11 is 0. The van der Waals surface area contributed by atoms with Crippen molar-refractivity contribution in [3.63, 3.8) is 0 Å². The summed E-state index contributed by atoms with van der Waals surface area (Å²) in [5, 5.41) is 3.60. The van der Waals surface area contributed by atoms with Crippen LogP contribution in [0.15, 0.2) is 188 Å². The minimum atomic E-state index is -3.23. The first-order valence-corrected chi connectivity index (χ1v) is 19.0. The number of hydrogen-bond acceptors (Lipinski definition) is 2. The Kier molecular flexibility index (Phi) is 8.89. The monoisotopic (exact) mass is 696 g/mol. The van der Waals surface area contributed by atoms with Crippen LogP contribution in [-0.4, -0.2) is 18.0 Å². The summed E-state index contributed by atoms with van der Waals surface area (Å²) < 4.78 is 43.3. The molecule has 6 heteroatoms. The molecule has 0 N–H and O–H groups in total. The smallest absolute Gasteiger partial charge is 0.179 e. The van der Waals surface area contributed by atoms with Gasteiger partial charge in [0.15, 0.2) is 13.9 Å². The van der Waals surface area contributed by atoms with Crippen LogP contribution in [0, 0.1) is 17.5 Å². The van der Waals surface area contributed by atoms with E-state index in [9.17, 15) is 13.2 Å². The van der Waals surface area contributed by atoms with E-state index in [-0.39, 0.29) is 17.5 Å². The number of aromatic nitrogens is 2. The standard InChI is InChI=1S/C46H31F3N2Si/c47-36-18-26-40(27-19-36)52(41-28-20-37(48)21-29-41,42-30-22-38(49)23-31-42)39-24-16-32(17-25-39)43-44(33-10-4-1-5-11-33)50-46(35-14-8-3-9-15-35)51-45(43)34-12-6-2-7-13-34/h1-31H. The SMILES string of the molecule is Fc1ccc([Si](c2ccc(F)cc2)(c2ccc(F)cc2)c2ccc(-c3c(-c4ccccc4)nc(-c4ccccc4)nc3-c3ccccc3)cc2)cc1. The van der Waals surface area contributed by atoms with Crippen LogP contribution in [0.4, 0.5) is 13.2 Å². The number of benzene rings is 7. The van der Waals surface area contributed by atoms with Crippen molar-refractivity contribution >= 4 is 28.8 Å². The van der Waals surface area contributed by atoms with Crippen LogP contribution in [0.25, 0.3) is 45.0 Å². The van der Waals surface area contributed by atoms with Gasteiger partial charge in [0.1, 0.15) is 17.5 Å². The summed E-state index contributed by atoms with van der Waals surface area (Å²) in [6, 6.07) is 57.9. The molecule has 1 aromatic heterocycles. The maximum atomic E-state index is 14.4. The van der Waals surface area contributed by atoms with Gasteiger partial charge in [-0.15, -0.1) is 0 Å². The predicted octanol–water partition coefficient (Wildman–Crippen LogP) is 8.94. The molecule has 0 saturated carbocycles. The zero-order valence-corrected chi connectivity index (χ0v) is 28.9. The van der Waals surface area contributed by atoms with Crippen molar-refractivity contribution in [2.24, 2.45) is 0 Å². The summed E-state index contributed by atoms with van der Waals surface area (Å²) in [5.74, 6) is -0.461. The highest BCUT2D eigenvalue weighted by atomic mass is 28.3. The molecule has 0 bridgehead atoms. The largest absolute Gasteiger partial charge is 0.227 e. The van der Waals surface area contributed by atoms with Crippen molar-refractivity contribution in [3.8, 4) is 45.0 Å². The maximum absolute atomic E-state index is 14.4. The van der Waals surface area contributed by atoms with Gasteiger partial charge in [-0.05, 0) is 62.7 Å². The predicted molar refractivity (Wildman–Crippen MR) is 207 cm³/mol. The highest BCUT2D eigenvalue weighted by Gasteiger charge is 2.41. The van der Waals surface area contributed by atoms with Gasteiger partial charge in [-0.3, -0.25) is 0 Å². The molecule has 0 atom stereocenters. The Morgan fingerprint density at radius 2 is 0.615 bits per heavy atom. The Morgan fingerprint density at radius 3 is 0.962 bits per heavy atom. The summed E-state index contributed by atoms with van der Waals surface area (Å²) in [7, 11) is -3.23. The minimum absolute atomic E-state index is 0.360. The number of hydrogen-bond donors (Lipinski definition) is 0. The Hall–Kier alpha value is -6.37. The topological polar surface area (TPSA) is 25.8 Å². The highest BCUT2D eigenvalue weighted by Crippen LogP contribution is 2.39. The van der Waals surface area contributed by atoms with E-state index in [0.717, 1.165) is 60.0 Å². The summed E-state index contributed by atoms with van der Waals surface area (Å²) in [6.07, 6.45) is 0. The molecule has 0 spiro atoms. The molecule has 0 aliphatic heterocycles. The van der Waals surface area contributed by atoms with Gasteiger partial charge in [0, 0.05) is 22.3 Å². The molecule has 250 valence electrons. The van der Waals surface area contributed by atoms with Gasteiger partial charge in [0.2, 0.25) is 0 Å². The molecule has 7 aromatic carbocycles. The third-order valence-electron chi connectivity index (χ3n) is 9.47. The zero-order valence-electron chi connectivity index (χ0n) is 27.9. The molecule has 0 radical (unpaired) electrons. The van der Waals surface area contributed by atoms with Crippen LogP contribution < -0.4 is 20.7 Å². The summed E-state index contributed by atoms with van der Waals surface area (Å²) in [4.78, 5) is 10.4. The average Bonchev–Trinajstić information content (AvgIpc) is 3.21. The molecule has 0 fully saturated rings. The molecule has 8 rings (SSSR count). The van der Waals surface area contributed by atoms with Crippen LogP contribution >= 0.6 is 0 Å². The zero-order chi connectivity index (χ0) is 35.5. The number of halogens is 3. The van der Waals surface area contributed by atoms with Crippen molar-refractivity contribution in [3.05, 3.63) is 206 Å². The Balaban J connectivity index is 1.40. The molecule has 0 aliphatic rings. The lowest BCUT2D eigenvalue weighted by atomic mass is 9.94. The van der Waals surface area contributed by atoms with E-state index in [1.54, 1.807) is 36.4 Å². The van der Waals surface area contributed by atoms with Gasteiger partial charge in [-0.1, -0.05) is 152 Å². The van der Waals surface area contributed by atoms with E-state index in [1.807, 2.05) is 66.7 Å². The van der Waals surface area contributed by atoms with E-state index in [2.05, 4.69) is 48.5 Å². The van der Waals surface area contributed by atoms with Crippen LogP contribution in [-0.2, 0) is 0 Å². The fraction of sp³-hybridized carbons (Fsp3) is 0. The van der Waals surface area contributed by atoms with Crippen molar-refractivity contribution in [1.82, 2.24) is 9.97 Å². The van der Waals surface area contributed by atoms with Crippen LogP contribution in [0.5, 0.6) is 0 Å². The van der Waals surface area contributed by atoms with Crippen LogP contribution in [0.1, 0.15) is 0 Å². The number of nitrogens with zero attached hydrogens (tertiary/aromatic N) is 2. The minimum Gasteiger partial charge on any atom is -0.227 e. The lowest BCUT2D eigenvalue weighted by Gasteiger charge is -2.34. The Morgan fingerprint density at radius 1 is 0.308 bits per heavy atom. The molecule has 0 unspecified atom stereocenters. The molecule has 0 saturated heterocycles. The van der Waals surface area contributed by atoms with Crippen molar-refractivity contribution in [2.75, 3.05) is 0 Å². The second kappa shape index (κ2) is 14.1.